The summed E-state index contributed by atoms with van der Waals surface area (Å²) in [4.78, 5) is 26.8. The number of hydrogen-bond donors (Lipinski definition) is 0. The number of esters is 1. The Morgan fingerprint density at radius 2 is 1.72 bits per heavy atom. The number of ether oxygens (including phenoxy) is 1. The van der Waals surface area contributed by atoms with Crippen LogP contribution in [-0.4, -0.2) is 19.0 Å². The minimum Gasteiger partial charge on any atom is -0.465 e. The molecule has 1 aliphatic rings. The van der Waals surface area contributed by atoms with Crippen LogP contribution < -0.4 is 4.90 Å². The second kappa shape index (κ2) is 7.40. The predicted octanol–water partition coefficient (Wildman–Crippen LogP) is 5.34. The third-order valence-corrected chi connectivity index (χ3v) is 5.32. The maximum absolute atomic E-state index is 13.7. The summed E-state index contributed by atoms with van der Waals surface area (Å²) in [6.45, 7) is 0.284. The topological polar surface area (TPSA) is 46.6 Å². The molecule has 0 radical (unpaired) electrons. The molecule has 0 unspecified atom stereocenters. The normalized spacial score (nSPS) is 12.8. The summed E-state index contributed by atoms with van der Waals surface area (Å²) in [5, 5.41) is 0. The van der Waals surface area contributed by atoms with Crippen molar-refractivity contribution < 1.29 is 23.1 Å². The lowest BCUT2D eigenvalue weighted by atomic mass is 10.0. The number of rotatable bonds is 3. The third kappa shape index (κ3) is 3.42. The molecule has 0 N–H and O–H groups in total. The van der Waals surface area contributed by atoms with Gasteiger partial charge in [-0.2, -0.15) is 0 Å². The van der Waals surface area contributed by atoms with Gasteiger partial charge in [0.05, 0.1) is 24.9 Å². The van der Waals surface area contributed by atoms with Crippen LogP contribution in [0.15, 0.2) is 59.1 Å². The molecule has 1 amide bonds. The second-order valence-electron chi connectivity index (χ2n) is 6.55. The number of amides is 1. The molecule has 3 aromatic rings. The van der Waals surface area contributed by atoms with Gasteiger partial charge in [0.1, 0.15) is 0 Å². The molecule has 0 aromatic heterocycles. The van der Waals surface area contributed by atoms with E-state index in [0.717, 1.165) is 22.2 Å². The van der Waals surface area contributed by atoms with E-state index in [2.05, 4.69) is 15.9 Å². The number of carbonyl (C=O) groups is 2. The Hall–Kier alpha value is -3.06. The summed E-state index contributed by atoms with van der Waals surface area (Å²) in [5.74, 6) is -2.78. The Bertz CT molecular complexity index is 1160. The Balaban J connectivity index is 1.83. The first-order chi connectivity index (χ1) is 13.9. The first-order valence-electron chi connectivity index (χ1n) is 8.67. The molecular formula is C22H14BrF2NO3. The highest BCUT2D eigenvalue weighted by Crippen LogP contribution is 2.35. The van der Waals surface area contributed by atoms with Gasteiger partial charge in [-0.1, -0.05) is 34.1 Å². The van der Waals surface area contributed by atoms with Gasteiger partial charge in [0.2, 0.25) is 0 Å². The van der Waals surface area contributed by atoms with Gasteiger partial charge < -0.3 is 9.64 Å². The van der Waals surface area contributed by atoms with Crippen LogP contribution in [-0.2, 0) is 11.3 Å². The number of hydrogen-bond acceptors (Lipinski definition) is 3. The maximum atomic E-state index is 13.7. The van der Waals surface area contributed by atoms with Gasteiger partial charge in [-0.05, 0) is 53.1 Å². The third-order valence-electron chi connectivity index (χ3n) is 4.82. The molecule has 1 heterocycles. The zero-order chi connectivity index (χ0) is 20.7. The molecule has 0 spiro atoms. The van der Waals surface area contributed by atoms with E-state index in [4.69, 9.17) is 4.74 Å². The van der Waals surface area contributed by atoms with Crippen LogP contribution in [0.5, 0.6) is 0 Å². The van der Waals surface area contributed by atoms with Crippen molar-refractivity contribution in [3.8, 4) is 11.1 Å². The Kier molecular flexibility index (Phi) is 4.92. The fourth-order valence-electron chi connectivity index (χ4n) is 3.36. The van der Waals surface area contributed by atoms with E-state index >= 15 is 0 Å². The average Bonchev–Trinajstić information content (AvgIpc) is 3.05. The first-order valence-corrected chi connectivity index (χ1v) is 9.46. The molecule has 3 aromatic carbocycles. The molecule has 146 valence electrons. The first kappa shape index (κ1) is 19.3. The molecule has 7 heteroatoms. The van der Waals surface area contributed by atoms with E-state index in [0.29, 0.717) is 22.4 Å². The predicted molar refractivity (Wildman–Crippen MR) is 108 cm³/mol. The molecule has 0 bridgehead atoms. The van der Waals surface area contributed by atoms with Crippen LogP contribution >= 0.6 is 15.9 Å². The molecule has 4 nitrogen and oxygen atoms in total. The van der Waals surface area contributed by atoms with Crippen LogP contribution in [0.25, 0.3) is 11.1 Å². The number of methoxy groups -OCH3 is 1. The lowest BCUT2D eigenvalue weighted by molar-refractivity contribution is 0.0601. The molecule has 29 heavy (non-hydrogen) atoms. The molecule has 0 aliphatic carbocycles. The lowest BCUT2D eigenvalue weighted by Crippen LogP contribution is -2.25. The summed E-state index contributed by atoms with van der Waals surface area (Å²) in [5.41, 5.74) is 2.88. The monoisotopic (exact) mass is 457 g/mol. The van der Waals surface area contributed by atoms with E-state index in [1.165, 1.54) is 24.1 Å². The number of carbonyl (C=O) groups excluding carboxylic acids is 2. The van der Waals surface area contributed by atoms with Gasteiger partial charge in [0, 0.05) is 10.0 Å². The second-order valence-corrected chi connectivity index (χ2v) is 7.46. The van der Waals surface area contributed by atoms with Crippen LogP contribution in [0.3, 0.4) is 0 Å². The van der Waals surface area contributed by atoms with Gasteiger partial charge in [-0.25, -0.2) is 13.6 Å². The van der Waals surface area contributed by atoms with E-state index in [1.54, 1.807) is 18.2 Å². The van der Waals surface area contributed by atoms with Gasteiger partial charge in [0.15, 0.2) is 11.6 Å². The van der Waals surface area contributed by atoms with Crippen molar-refractivity contribution in [1.29, 1.82) is 0 Å². The van der Waals surface area contributed by atoms with Crippen molar-refractivity contribution in [2.75, 3.05) is 12.0 Å². The SMILES string of the molecule is COC(=O)c1ccc(-c2ccc(F)c(F)c2)cc1N1Cc2ccc(Br)cc2C1=O. The fourth-order valence-corrected chi connectivity index (χ4v) is 3.72. The zero-order valence-corrected chi connectivity index (χ0v) is 16.8. The van der Waals surface area contributed by atoms with Crippen molar-refractivity contribution in [2.45, 2.75) is 6.54 Å². The summed E-state index contributed by atoms with van der Waals surface area (Å²) >= 11 is 3.36. The molecule has 1 aliphatic heterocycles. The van der Waals surface area contributed by atoms with Gasteiger partial charge in [-0.15, -0.1) is 0 Å². The standard InChI is InChI=1S/C22H14BrF2NO3/c1-29-22(28)16-6-3-13(12-4-7-18(24)19(25)8-12)9-20(16)26-11-14-2-5-15(23)10-17(14)21(26)27/h2-10H,11H2,1H3. The van der Waals surface area contributed by atoms with Crippen LogP contribution in [0.1, 0.15) is 26.3 Å². The Labute approximate surface area is 173 Å². The van der Waals surface area contributed by atoms with Crippen LogP contribution in [0.2, 0.25) is 0 Å². The number of halogens is 3. The molecular weight excluding hydrogens is 444 g/mol. The van der Waals surface area contributed by atoms with Crippen molar-refractivity contribution in [2.24, 2.45) is 0 Å². The number of nitrogens with zero attached hydrogens (tertiary/aromatic N) is 1. The highest BCUT2D eigenvalue weighted by Gasteiger charge is 2.31. The molecule has 4 rings (SSSR count). The molecule has 0 fully saturated rings. The van der Waals surface area contributed by atoms with Crippen LogP contribution in [0, 0.1) is 11.6 Å². The molecule has 0 saturated carbocycles. The number of anilines is 1. The van der Waals surface area contributed by atoms with E-state index in [-0.39, 0.29) is 18.0 Å². The summed E-state index contributed by atoms with van der Waals surface area (Å²) in [7, 11) is 1.26. The van der Waals surface area contributed by atoms with Crippen molar-refractivity contribution >= 4 is 33.5 Å². The van der Waals surface area contributed by atoms with Gasteiger partial charge >= 0.3 is 5.97 Å². The zero-order valence-electron chi connectivity index (χ0n) is 15.2. The molecule has 0 atom stereocenters. The van der Waals surface area contributed by atoms with Crippen molar-refractivity contribution in [1.82, 2.24) is 0 Å². The lowest BCUT2D eigenvalue weighted by Gasteiger charge is -2.20. The highest BCUT2D eigenvalue weighted by atomic mass is 79.9. The average molecular weight is 458 g/mol. The summed E-state index contributed by atoms with van der Waals surface area (Å²) in [6.07, 6.45) is 0. The van der Waals surface area contributed by atoms with Crippen molar-refractivity contribution in [3.05, 3.63) is 87.4 Å². The minimum absolute atomic E-state index is 0.207. The maximum Gasteiger partial charge on any atom is 0.339 e. The number of benzene rings is 3. The minimum atomic E-state index is -0.976. The number of fused-ring (bicyclic) bond motifs is 1. The summed E-state index contributed by atoms with van der Waals surface area (Å²) < 4.78 is 32.6. The Morgan fingerprint density at radius 3 is 2.45 bits per heavy atom. The Morgan fingerprint density at radius 1 is 1.00 bits per heavy atom. The molecule has 0 saturated heterocycles. The largest absolute Gasteiger partial charge is 0.465 e. The van der Waals surface area contributed by atoms with E-state index in [1.807, 2.05) is 12.1 Å². The van der Waals surface area contributed by atoms with Gasteiger partial charge in [0.25, 0.3) is 5.91 Å². The van der Waals surface area contributed by atoms with Gasteiger partial charge in [-0.3, -0.25) is 4.79 Å². The van der Waals surface area contributed by atoms with Crippen LogP contribution in [0.4, 0.5) is 14.5 Å². The quantitative estimate of drug-likeness (QED) is 0.498. The van der Waals surface area contributed by atoms with Crippen molar-refractivity contribution in [3.63, 3.8) is 0 Å². The smallest absolute Gasteiger partial charge is 0.339 e. The highest BCUT2D eigenvalue weighted by molar-refractivity contribution is 9.10. The van der Waals surface area contributed by atoms with E-state index < -0.39 is 17.6 Å². The van der Waals surface area contributed by atoms with E-state index in [9.17, 15) is 18.4 Å². The fraction of sp³-hybridized carbons (Fsp3) is 0.0909. The summed E-state index contributed by atoms with van der Waals surface area (Å²) in [6, 6.07) is 13.7.